The number of rotatable bonds is 13. The van der Waals surface area contributed by atoms with Gasteiger partial charge in [-0.1, -0.05) is 70.2 Å². The molecule has 0 radical (unpaired) electrons. The van der Waals surface area contributed by atoms with Gasteiger partial charge in [-0.05, 0) is 46.5 Å². The zero-order valence-corrected chi connectivity index (χ0v) is 25.0. The fourth-order valence-corrected chi connectivity index (χ4v) is 6.51. The van der Waals surface area contributed by atoms with Crippen molar-refractivity contribution in [3.05, 3.63) is 119 Å². The number of nitrogens with two attached hydrogens (primary N) is 2. The standard InChI is InChI=1S/C31H32N4O3S3/c32-29-9-5-25(6-10-29)1-2-27-13-16-34(17-14-27)19-21-39-40-22-20-35-18-15-28(23-31(35)24-41(36,37)38)4-3-26-7-11-30(33)12-8-26/h1-18,23,32-33H,19-22,24H2,(H,36,37,38)/p+1. The van der Waals surface area contributed by atoms with Crippen molar-refractivity contribution in [1.82, 2.24) is 0 Å². The molecule has 0 aliphatic rings. The maximum absolute atomic E-state index is 11.5. The van der Waals surface area contributed by atoms with E-state index < -0.39 is 15.9 Å². The van der Waals surface area contributed by atoms with Crippen LogP contribution in [-0.2, 0) is 29.0 Å². The molecule has 0 aliphatic heterocycles. The number of aromatic nitrogens is 2. The Morgan fingerprint density at radius 3 is 1.66 bits per heavy atom. The summed E-state index contributed by atoms with van der Waals surface area (Å²) in [5.41, 5.74) is 17.4. The van der Waals surface area contributed by atoms with E-state index in [4.69, 9.17) is 11.5 Å². The minimum Gasteiger partial charge on any atom is -0.748 e. The molecule has 4 rings (SSSR count). The maximum Gasteiger partial charge on any atom is 0.195 e. The van der Waals surface area contributed by atoms with Crippen LogP contribution in [0.15, 0.2) is 91.4 Å². The highest BCUT2D eigenvalue weighted by molar-refractivity contribution is 8.76. The third-order valence-corrected chi connectivity index (χ3v) is 9.15. The van der Waals surface area contributed by atoms with Crippen LogP contribution < -0.4 is 20.6 Å². The Bertz CT molecular complexity index is 1590. The quantitative estimate of drug-likeness (QED) is 0.0733. The summed E-state index contributed by atoms with van der Waals surface area (Å²) in [6.45, 7) is 1.48. The van der Waals surface area contributed by atoms with Crippen LogP contribution in [0.3, 0.4) is 0 Å². The molecule has 4 N–H and O–H groups in total. The lowest BCUT2D eigenvalue weighted by molar-refractivity contribution is -0.698. The van der Waals surface area contributed by atoms with Crippen molar-refractivity contribution in [2.45, 2.75) is 18.8 Å². The van der Waals surface area contributed by atoms with Crippen molar-refractivity contribution >= 4 is 67.4 Å². The van der Waals surface area contributed by atoms with E-state index in [1.807, 2.05) is 77.5 Å². The first-order chi connectivity index (χ1) is 19.7. The number of nitrogen functional groups attached to an aromatic ring is 2. The van der Waals surface area contributed by atoms with Gasteiger partial charge in [0.25, 0.3) is 0 Å². The predicted molar refractivity (Wildman–Crippen MR) is 171 cm³/mol. The first-order valence-electron chi connectivity index (χ1n) is 13.0. The summed E-state index contributed by atoms with van der Waals surface area (Å²) in [4.78, 5) is 0. The normalized spacial score (nSPS) is 11.9. The van der Waals surface area contributed by atoms with Crippen molar-refractivity contribution in [3.63, 3.8) is 0 Å². The van der Waals surface area contributed by atoms with Gasteiger partial charge in [0.2, 0.25) is 0 Å². The van der Waals surface area contributed by atoms with Crippen LogP contribution in [-0.4, -0.2) is 24.5 Å². The minimum atomic E-state index is -4.41. The summed E-state index contributed by atoms with van der Waals surface area (Å²) in [5, 5.41) is 0. The largest absolute Gasteiger partial charge is 0.748 e. The van der Waals surface area contributed by atoms with Gasteiger partial charge in [0.15, 0.2) is 37.4 Å². The Morgan fingerprint density at radius 2 is 1.12 bits per heavy atom. The average Bonchev–Trinajstić information content (AvgIpc) is 2.95. The van der Waals surface area contributed by atoms with Gasteiger partial charge in [0, 0.05) is 35.6 Å². The van der Waals surface area contributed by atoms with E-state index in [1.54, 1.807) is 27.7 Å². The number of nitrogens with zero attached hydrogens (tertiary/aromatic N) is 2. The summed E-state index contributed by atoms with van der Waals surface area (Å²) in [6, 6.07) is 23.1. The molecule has 2 aromatic heterocycles. The molecule has 0 atom stereocenters. The summed E-state index contributed by atoms with van der Waals surface area (Å²) in [7, 11) is -0.919. The minimum absolute atomic E-state index is 0.478. The zero-order chi connectivity index (χ0) is 29.1. The van der Waals surface area contributed by atoms with Gasteiger partial charge >= 0.3 is 0 Å². The molecule has 7 nitrogen and oxygen atoms in total. The maximum atomic E-state index is 11.5. The first-order valence-corrected chi connectivity index (χ1v) is 17.1. The Labute approximate surface area is 249 Å². The fraction of sp³-hybridized carbons (Fsp3) is 0.161. The van der Waals surface area contributed by atoms with Crippen molar-refractivity contribution in [3.8, 4) is 0 Å². The summed E-state index contributed by atoms with van der Waals surface area (Å²) >= 11 is 0. The molecule has 0 fully saturated rings. The molecule has 4 aromatic rings. The second-order valence-electron chi connectivity index (χ2n) is 9.36. The second kappa shape index (κ2) is 14.9. The molecular weight excluding hydrogens is 573 g/mol. The molecule has 10 heteroatoms. The smallest absolute Gasteiger partial charge is 0.195 e. The van der Waals surface area contributed by atoms with Gasteiger partial charge in [-0.3, -0.25) is 0 Å². The molecule has 0 saturated carbocycles. The highest BCUT2D eigenvalue weighted by atomic mass is 33.1. The Morgan fingerprint density at radius 1 is 0.659 bits per heavy atom. The first kappa shape index (κ1) is 30.4. The van der Waals surface area contributed by atoms with Crippen LogP contribution in [0.4, 0.5) is 11.4 Å². The highest BCUT2D eigenvalue weighted by Crippen LogP contribution is 2.20. The number of hydrogen-bond acceptors (Lipinski definition) is 7. The zero-order valence-electron chi connectivity index (χ0n) is 22.5. The number of aryl methyl sites for hydroxylation is 2. The van der Waals surface area contributed by atoms with E-state index in [-0.39, 0.29) is 0 Å². The molecule has 41 heavy (non-hydrogen) atoms. The van der Waals surface area contributed by atoms with Crippen LogP contribution in [0, 0.1) is 0 Å². The van der Waals surface area contributed by atoms with Crippen LogP contribution >= 0.6 is 21.6 Å². The van der Waals surface area contributed by atoms with Crippen LogP contribution in [0.1, 0.15) is 27.9 Å². The van der Waals surface area contributed by atoms with E-state index in [0.717, 1.165) is 46.0 Å². The van der Waals surface area contributed by atoms with Gasteiger partial charge in [-0.25, -0.2) is 17.6 Å². The number of pyridine rings is 2. The third kappa shape index (κ3) is 10.7. The van der Waals surface area contributed by atoms with Crippen molar-refractivity contribution in [2.75, 3.05) is 23.0 Å². The highest BCUT2D eigenvalue weighted by Gasteiger charge is 2.14. The molecule has 2 aromatic carbocycles. The van der Waals surface area contributed by atoms with Gasteiger partial charge in [-0.2, -0.15) is 0 Å². The second-order valence-corrected chi connectivity index (χ2v) is 13.5. The molecule has 2 heterocycles. The van der Waals surface area contributed by atoms with Gasteiger partial charge in [0.05, 0.1) is 11.5 Å². The molecule has 212 valence electrons. The molecule has 0 saturated heterocycles. The molecular formula is C31H33N4O3S3+. The Kier molecular flexibility index (Phi) is 11.0. The SMILES string of the molecule is Nc1ccc(/C=C/c2cc[n+](CCSSCC[n+]3ccc(/C=C/c4ccc(N)cc4)cc3CS(=O)(=O)[O-])cc2)cc1. The number of benzene rings is 2. The van der Waals surface area contributed by atoms with E-state index >= 15 is 0 Å². The fourth-order valence-electron chi connectivity index (χ4n) is 3.95. The average molecular weight is 606 g/mol. The molecule has 0 bridgehead atoms. The van der Waals surface area contributed by atoms with Crippen LogP contribution in [0.2, 0.25) is 0 Å². The lowest BCUT2D eigenvalue weighted by atomic mass is 10.1. The molecule has 0 spiro atoms. The van der Waals surface area contributed by atoms with E-state index in [2.05, 4.69) is 41.2 Å². The predicted octanol–water partition coefficient (Wildman–Crippen LogP) is 4.89. The van der Waals surface area contributed by atoms with Crippen molar-refractivity contribution < 1.29 is 22.1 Å². The van der Waals surface area contributed by atoms with Crippen LogP contribution in [0.5, 0.6) is 0 Å². The van der Waals surface area contributed by atoms with Gasteiger partial charge in [0.1, 0.15) is 15.9 Å². The topological polar surface area (TPSA) is 117 Å². The summed E-state index contributed by atoms with van der Waals surface area (Å²) < 4.78 is 38.6. The lowest BCUT2D eigenvalue weighted by Gasteiger charge is -2.08. The van der Waals surface area contributed by atoms with Crippen molar-refractivity contribution in [2.24, 2.45) is 0 Å². The number of hydrogen-bond donors (Lipinski definition) is 2. The van der Waals surface area contributed by atoms with Gasteiger partial charge < -0.3 is 16.0 Å². The van der Waals surface area contributed by atoms with E-state index in [1.165, 1.54) is 0 Å². The van der Waals surface area contributed by atoms with E-state index in [0.29, 0.717) is 17.9 Å². The summed E-state index contributed by atoms with van der Waals surface area (Å²) in [6.07, 6.45) is 13.9. The Hall–Kier alpha value is -3.57. The number of anilines is 2. The van der Waals surface area contributed by atoms with Crippen LogP contribution in [0.25, 0.3) is 24.3 Å². The lowest BCUT2D eigenvalue weighted by Crippen LogP contribution is -2.40. The van der Waals surface area contributed by atoms with Crippen molar-refractivity contribution in [1.29, 1.82) is 0 Å². The molecule has 0 aliphatic carbocycles. The Balaban J connectivity index is 1.24. The monoisotopic (exact) mass is 605 g/mol. The summed E-state index contributed by atoms with van der Waals surface area (Å²) in [5.74, 6) is 1.16. The molecule has 0 unspecified atom stereocenters. The third-order valence-electron chi connectivity index (χ3n) is 6.13. The molecule has 0 amide bonds. The van der Waals surface area contributed by atoms with Gasteiger partial charge in [-0.15, -0.1) is 0 Å². The van der Waals surface area contributed by atoms with E-state index in [9.17, 15) is 13.0 Å².